The largest absolute Gasteiger partial charge is 0.448 e. The van der Waals surface area contributed by atoms with Crippen LogP contribution in [0.1, 0.15) is 47.8 Å². The second kappa shape index (κ2) is 5.34. The van der Waals surface area contributed by atoms with E-state index >= 15 is 0 Å². The zero-order chi connectivity index (χ0) is 11.3. The predicted molar refractivity (Wildman–Crippen MR) is 56.0 cm³/mol. The lowest BCUT2D eigenvalue weighted by Crippen LogP contribution is -2.23. The van der Waals surface area contributed by atoms with Gasteiger partial charge in [-0.25, -0.2) is 0 Å². The van der Waals surface area contributed by atoms with Crippen molar-refractivity contribution in [3.63, 3.8) is 0 Å². The number of amides is 1. The van der Waals surface area contributed by atoms with Crippen LogP contribution in [0.4, 0.5) is 0 Å². The third-order valence-electron chi connectivity index (χ3n) is 1.96. The molecule has 0 spiro atoms. The first kappa shape index (κ1) is 11.5. The normalized spacial score (nSPS) is 10.0. The minimum atomic E-state index is -0.271. The number of ketones is 1. The van der Waals surface area contributed by atoms with Crippen molar-refractivity contribution >= 4 is 11.7 Å². The Balaban J connectivity index is 2.67. The molecule has 15 heavy (non-hydrogen) atoms. The van der Waals surface area contributed by atoms with Crippen molar-refractivity contribution in [1.82, 2.24) is 5.32 Å². The highest BCUT2D eigenvalue weighted by atomic mass is 16.4. The highest BCUT2D eigenvalue weighted by molar-refractivity contribution is 5.96. The van der Waals surface area contributed by atoms with Gasteiger partial charge >= 0.3 is 0 Å². The third kappa shape index (κ3) is 2.94. The molecule has 1 heterocycles. The Hall–Kier alpha value is -1.58. The topological polar surface area (TPSA) is 59.3 Å². The molecule has 0 saturated heterocycles. The molecule has 4 nitrogen and oxygen atoms in total. The van der Waals surface area contributed by atoms with Gasteiger partial charge in [0.15, 0.2) is 17.3 Å². The van der Waals surface area contributed by atoms with Crippen LogP contribution in [0.5, 0.6) is 0 Å². The van der Waals surface area contributed by atoms with Gasteiger partial charge < -0.3 is 9.73 Å². The molecule has 0 atom stereocenters. The van der Waals surface area contributed by atoms with Crippen molar-refractivity contribution < 1.29 is 14.0 Å². The predicted octanol–water partition coefficient (Wildman–Crippen LogP) is 2.01. The summed E-state index contributed by atoms with van der Waals surface area (Å²) in [7, 11) is 0. The van der Waals surface area contributed by atoms with Crippen LogP contribution in [0.3, 0.4) is 0 Å². The van der Waals surface area contributed by atoms with E-state index in [2.05, 4.69) is 5.32 Å². The van der Waals surface area contributed by atoms with E-state index in [1.54, 1.807) is 6.92 Å². The van der Waals surface area contributed by atoms with Gasteiger partial charge in [-0.1, -0.05) is 13.8 Å². The number of nitrogens with one attached hydrogen (secondary N) is 1. The van der Waals surface area contributed by atoms with Gasteiger partial charge in [0, 0.05) is 13.0 Å². The van der Waals surface area contributed by atoms with E-state index in [1.165, 1.54) is 12.1 Å². The second-order valence-corrected chi connectivity index (χ2v) is 3.20. The fourth-order valence-electron chi connectivity index (χ4n) is 1.11. The average molecular weight is 209 g/mol. The van der Waals surface area contributed by atoms with Crippen LogP contribution in [0, 0.1) is 0 Å². The molecule has 0 aliphatic heterocycles. The van der Waals surface area contributed by atoms with E-state index in [4.69, 9.17) is 4.42 Å². The van der Waals surface area contributed by atoms with Crippen molar-refractivity contribution in [2.24, 2.45) is 0 Å². The van der Waals surface area contributed by atoms with Gasteiger partial charge in [0.1, 0.15) is 0 Å². The Morgan fingerprint density at radius 3 is 2.53 bits per heavy atom. The SMILES string of the molecule is CCCNC(=O)c1ccc(C(=O)CC)o1. The lowest BCUT2D eigenvalue weighted by molar-refractivity contribution is 0.0913. The molecule has 0 saturated carbocycles. The summed E-state index contributed by atoms with van der Waals surface area (Å²) in [6, 6.07) is 3.06. The minimum absolute atomic E-state index is 0.0930. The Labute approximate surface area is 88.7 Å². The summed E-state index contributed by atoms with van der Waals surface area (Å²) in [6.07, 6.45) is 1.25. The summed E-state index contributed by atoms with van der Waals surface area (Å²) >= 11 is 0. The lowest BCUT2D eigenvalue weighted by atomic mass is 10.2. The van der Waals surface area contributed by atoms with Crippen LogP contribution in [0.25, 0.3) is 0 Å². The summed E-state index contributed by atoms with van der Waals surface area (Å²) in [6.45, 7) is 4.33. The first-order chi connectivity index (χ1) is 7.19. The van der Waals surface area contributed by atoms with E-state index in [9.17, 15) is 9.59 Å². The average Bonchev–Trinajstić information content (AvgIpc) is 2.74. The maximum Gasteiger partial charge on any atom is 0.287 e. The minimum Gasteiger partial charge on any atom is -0.448 e. The number of hydrogen-bond acceptors (Lipinski definition) is 3. The number of carbonyl (C=O) groups is 2. The highest BCUT2D eigenvalue weighted by Gasteiger charge is 2.13. The van der Waals surface area contributed by atoms with Gasteiger partial charge in [-0.2, -0.15) is 0 Å². The molecule has 1 aromatic rings. The molecule has 1 aromatic heterocycles. The molecule has 1 N–H and O–H groups in total. The maximum absolute atomic E-state index is 11.4. The standard InChI is InChI=1S/C11H15NO3/c1-3-7-12-11(14)10-6-5-9(15-10)8(13)4-2/h5-6H,3-4,7H2,1-2H3,(H,12,14). The van der Waals surface area contributed by atoms with Crippen LogP contribution < -0.4 is 5.32 Å². The molecule has 0 aliphatic carbocycles. The molecule has 0 bridgehead atoms. The molecule has 82 valence electrons. The van der Waals surface area contributed by atoms with Crippen molar-refractivity contribution in [2.75, 3.05) is 6.54 Å². The van der Waals surface area contributed by atoms with Crippen LogP contribution >= 0.6 is 0 Å². The molecule has 0 radical (unpaired) electrons. The van der Waals surface area contributed by atoms with Gasteiger partial charge in [-0.3, -0.25) is 9.59 Å². The van der Waals surface area contributed by atoms with Crippen molar-refractivity contribution in [2.45, 2.75) is 26.7 Å². The van der Waals surface area contributed by atoms with E-state index < -0.39 is 0 Å². The molecular weight excluding hydrogens is 194 g/mol. The van der Waals surface area contributed by atoms with Crippen LogP contribution in [0.2, 0.25) is 0 Å². The highest BCUT2D eigenvalue weighted by Crippen LogP contribution is 2.09. The number of furan rings is 1. The number of carbonyl (C=O) groups excluding carboxylic acids is 2. The van der Waals surface area contributed by atoms with Crippen molar-refractivity contribution in [1.29, 1.82) is 0 Å². The van der Waals surface area contributed by atoms with Gasteiger partial charge in [-0.15, -0.1) is 0 Å². The number of rotatable bonds is 5. The Morgan fingerprint density at radius 2 is 1.93 bits per heavy atom. The second-order valence-electron chi connectivity index (χ2n) is 3.20. The number of Topliss-reactive ketones (excluding diaryl/α,β-unsaturated/α-hetero) is 1. The molecule has 0 fully saturated rings. The monoisotopic (exact) mass is 209 g/mol. The molecule has 1 amide bonds. The Kier molecular flexibility index (Phi) is 4.09. The molecule has 1 rings (SSSR count). The zero-order valence-electron chi connectivity index (χ0n) is 9.00. The summed E-state index contributed by atoms with van der Waals surface area (Å²) in [5.41, 5.74) is 0. The molecule has 0 aromatic carbocycles. The summed E-state index contributed by atoms with van der Waals surface area (Å²) in [5.74, 6) is 0.0796. The fourth-order valence-corrected chi connectivity index (χ4v) is 1.11. The van der Waals surface area contributed by atoms with Gasteiger partial charge in [-0.05, 0) is 18.6 Å². The maximum atomic E-state index is 11.4. The van der Waals surface area contributed by atoms with Crippen molar-refractivity contribution in [3.8, 4) is 0 Å². The van der Waals surface area contributed by atoms with Gasteiger partial charge in [0.25, 0.3) is 5.91 Å². The molecule has 4 heteroatoms. The van der Waals surface area contributed by atoms with Crippen molar-refractivity contribution in [3.05, 3.63) is 23.7 Å². The van der Waals surface area contributed by atoms with E-state index in [0.717, 1.165) is 6.42 Å². The van der Waals surface area contributed by atoms with Crippen LogP contribution in [-0.4, -0.2) is 18.2 Å². The summed E-state index contributed by atoms with van der Waals surface area (Å²) < 4.78 is 5.13. The van der Waals surface area contributed by atoms with Crippen LogP contribution in [-0.2, 0) is 0 Å². The van der Waals surface area contributed by atoms with E-state index in [0.29, 0.717) is 13.0 Å². The summed E-state index contributed by atoms with van der Waals surface area (Å²) in [5, 5.41) is 2.67. The zero-order valence-corrected chi connectivity index (χ0v) is 9.00. The fraction of sp³-hybridized carbons (Fsp3) is 0.455. The molecule has 0 unspecified atom stereocenters. The lowest BCUT2D eigenvalue weighted by Gasteiger charge is -1.99. The smallest absolute Gasteiger partial charge is 0.287 e. The molecular formula is C11H15NO3. The van der Waals surface area contributed by atoms with Gasteiger partial charge in [0.2, 0.25) is 0 Å². The van der Waals surface area contributed by atoms with Crippen LogP contribution in [0.15, 0.2) is 16.5 Å². The summed E-state index contributed by atoms with van der Waals surface area (Å²) in [4.78, 5) is 22.6. The third-order valence-corrected chi connectivity index (χ3v) is 1.96. The Morgan fingerprint density at radius 1 is 1.27 bits per heavy atom. The van der Waals surface area contributed by atoms with E-state index in [-0.39, 0.29) is 23.2 Å². The molecule has 0 aliphatic rings. The Bertz CT molecular complexity index is 354. The van der Waals surface area contributed by atoms with Gasteiger partial charge in [0.05, 0.1) is 0 Å². The first-order valence-electron chi connectivity index (χ1n) is 5.10. The number of hydrogen-bond donors (Lipinski definition) is 1. The quantitative estimate of drug-likeness (QED) is 0.754. The van der Waals surface area contributed by atoms with E-state index in [1.807, 2.05) is 6.92 Å². The first-order valence-corrected chi connectivity index (χ1v) is 5.10.